The van der Waals surface area contributed by atoms with Crippen molar-refractivity contribution in [1.82, 2.24) is 5.43 Å². The van der Waals surface area contributed by atoms with Gasteiger partial charge in [0.05, 0.1) is 25.1 Å². The first-order valence-electron chi connectivity index (χ1n) is 7.62. The molecular formula is C18H20BrN3O2. The second kappa shape index (κ2) is 9.08. The summed E-state index contributed by atoms with van der Waals surface area (Å²) >= 11 is 3.44. The largest absolute Gasteiger partial charge is 0.495 e. The van der Waals surface area contributed by atoms with E-state index in [2.05, 4.69) is 31.8 Å². The molecule has 0 aliphatic heterocycles. The number of benzene rings is 2. The van der Waals surface area contributed by atoms with E-state index in [0.717, 1.165) is 27.9 Å². The molecule has 0 aliphatic rings. The van der Waals surface area contributed by atoms with Crippen molar-refractivity contribution >= 4 is 33.2 Å². The van der Waals surface area contributed by atoms with E-state index in [0.29, 0.717) is 5.75 Å². The van der Waals surface area contributed by atoms with E-state index in [1.165, 1.54) is 0 Å². The number of ether oxygens (including phenoxy) is 1. The van der Waals surface area contributed by atoms with Crippen molar-refractivity contribution in [3.05, 3.63) is 58.6 Å². The number of para-hydroxylation sites is 2. The molecule has 0 aliphatic carbocycles. The number of amides is 1. The summed E-state index contributed by atoms with van der Waals surface area (Å²) in [4.78, 5) is 12.0. The molecular weight excluding hydrogens is 370 g/mol. The van der Waals surface area contributed by atoms with Crippen LogP contribution in [0, 0.1) is 0 Å². The molecule has 0 saturated heterocycles. The second-order valence-electron chi connectivity index (χ2n) is 5.01. The van der Waals surface area contributed by atoms with Gasteiger partial charge in [0.25, 0.3) is 5.91 Å². The van der Waals surface area contributed by atoms with Gasteiger partial charge < -0.3 is 10.1 Å². The second-order valence-corrected chi connectivity index (χ2v) is 5.93. The van der Waals surface area contributed by atoms with Crippen LogP contribution in [0.5, 0.6) is 5.75 Å². The van der Waals surface area contributed by atoms with Crippen LogP contribution in [-0.4, -0.2) is 25.3 Å². The summed E-state index contributed by atoms with van der Waals surface area (Å²) in [5, 5.41) is 7.27. The molecule has 0 unspecified atom stereocenters. The Bertz CT molecular complexity index is 732. The van der Waals surface area contributed by atoms with E-state index in [1.807, 2.05) is 55.5 Å². The third-order valence-electron chi connectivity index (χ3n) is 3.35. The van der Waals surface area contributed by atoms with Crippen molar-refractivity contribution in [3.63, 3.8) is 0 Å². The van der Waals surface area contributed by atoms with Crippen molar-refractivity contribution in [2.75, 3.05) is 19.0 Å². The van der Waals surface area contributed by atoms with E-state index in [1.54, 1.807) is 7.11 Å². The van der Waals surface area contributed by atoms with Crippen LogP contribution in [0.2, 0.25) is 0 Å². The van der Waals surface area contributed by atoms with Crippen LogP contribution in [0.3, 0.4) is 0 Å². The lowest BCUT2D eigenvalue weighted by Crippen LogP contribution is -2.27. The maximum Gasteiger partial charge on any atom is 0.259 e. The first kappa shape index (κ1) is 18.0. The highest BCUT2D eigenvalue weighted by Crippen LogP contribution is 2.22. The van der Waals surface area contributed by atoms with Gasteiger partial charge in [0.1, 0.15) is 5.75 Å². The molecule has 0 heterocycles. The molecule has 1 amide bonds. The first-order chi connectivity index (χ1) is 11.6. The lowest BCUT2D eigenvalue weighted by molar-refractivity contribution is -0.119. The minimum absolute atomic E-state index is 0.110. The summed E-state index contributed by atoms with van der Waals surface area (Å²) < 4.78 is 6.21. The smallest absolute Gasteiger partial charge is 0.259 e. The number of rotatable bonds is 7. The SMILES string of the molecule is CC/C(=N/NC(=O)CNc1ccccc1OC)c1cccc(Br)c1. The Kier molecular flexibility index (Phi) is 6.81. The summed E-state index contributed by atoms with van der Waals surface area (Å²) in [5.74, 6) is 0.471. The zero-order valence-corrected chi connectivity index (χ0v) is 15.3. The Labute approximate surface area is 150 Å². The number of carbonyl (C=O) groups is 1. The van der Waals surface area contributed by atoms with E-state index in [-0.39, 0.29) is 12.5 Å². The van der Waals surface area contributed by atoms with Gasteiger partial charge in [0.15, 0.2) is 0 Å². The number of nitrogens with one attached hydrogen (secondary N) is 2. The highest BCUT2D eigenvalue weighted by atomic mass is 79.9. The Balaban J connectivity index is 1.96. The van der Waals surface area contributed by atoms with E-state index >= 15 is 0 Å². The molecule has 0 atom stereocenters. The summed E-state index contributed by atoms with van der Waals surface area (Å²) in [6.07, 6.45) is 0.719. The molecule has 2 aromatic rings. The van der Waals surface area contributed by atoms with E-state index in [4.69, 9.17) is 4.74 Å². The third kappa shape index (κ3) is 5.09. The van der Waals surface area contributed by atoms with Crippen LogP contribution in [0.4, 0.5) is 5.69 Å². The fourth-order valence-electron chi connectivity index (χ4n) is 2.15. The minimum atomic E-state index is -0.221. The predicted molar refractivity (Wildman–Crippen MR) is 101 cm³/mol. The summed E-state index contributed by atoms with van der Waals surface area (Å²) in [6.45, 7) is 2.11. The highest BCUT2D eigenvalue weighted by molar-refractivity contribution is 9.10. The Morgan fingerprint density at radius 2 is 2.00 bits per heavy atom. The first-order valence-corrected chi connectivity index (χ1v) is 8.41. The average Bonchev–Trinajstić information content (AvgIpc) is 2.60. The van der Waals surface area contributed by atoms with Crippen LogP contribution in [-0.2, 0) is 4.79 Å². The summed E-state index contributed by atoms with van der Waals surface area (Å²) in [6, 6.07) is 15.3. The molecule has 0 fully saturated rings. The number of hydrogen-bond donors (Lipinski definition) is 2. The number of anilines is 1. The van der Waals surface area contributed by atoms with Gasteiger partial charge >= 0.3 is 0 Å². The molecule has 2 aromatic carbocycles. The van der Waals surface area contributed by atoms with Gasteiger partial charge in [-0.15, -0.1) is 0 Å². The number of methoxy groups -OCH3 is 1. The van der Waals surface area contributed by atoms with Crippen LogP contribution in [0.25, 0.3) is 0 Å². The van der Waals surface area contributed by atoms with Crippen molar-refractivity contribution < 1.29 is 9.53 Å². The van der Waals surface area contributed by atoms with Crippen LogP contribution in [0.1, 0.15) is 18.9 Å². The quantitative estimate of drug-likeness (QED) is 0.559. The molecule has 0 aromatic heterocycles. The van der Waals surface area contributed by atoms with Gasteiger partial charge in [-0.25, -0.2) is 5.43 Å². The summed E-state index contributed by atoms with van der Waals surface area (Å²) in [5.41, 5.74) is 5.15. The van der Waals surface area contributed by atoms with Crippen molar-refractivity contribution in [3.8, 4) is 5.75 Å². The van der Waals surface area contributed by atoms with Gasteiger partial charge in [0.2, 0.25) is 0 Å². The number of hydrogen-bond acceptors (Lipinski definition) is 4. The molecule has 0 saturated carbocycles. The monoisotopic (exact) mass is 389 g/mol. The van der Waals surface area contributed by atoms with Gasteiger partial charge in [0, 0.05) is 4.47 Å². The third-order valence-corrected chi connectivity index (χ3v) is 3.85. The fourth-order valence-corrected chi connectivity index (χ4v) is 2.55. The predicted octanol–water partition coefficient (Wildman–Crippen LogP) is 3.80. The normalized spacial score (nSPS) is 11.0. The van der Waals surface area contributed by atoms with Crippen molar-refractivity contribution in [1.29, 1.82) is 0 Å². The standard InChI is InChI=1S/C18H20BrN3O2/c1-3-15(13-7-6-8-14(19)11-13)21-22-18(23)12-20-16-9-4-5-10-17(16)24-2/h4-11,20H,3,12H2,1-2H3,(H,22,23)/b21-15-. The molecule has 24 heavy (non-hydrogen) atoms. The van der Waals surface area contributed by atoms with Crippen molar-refractivity contribution in [2.24, 2.45) is 5.10 Å². The lowest BCUT2D eigenvalue weighted by atomic mass is 10.1. The molecule has 5 nitrogen and oxygen atoms in total. The zero-order valence-electron chi connectivity index (χ0n) is 13.7. The van der Waals surface area contributed by atoms with Gasteiger partial charge in [-0.3, -0.25) is 4.79 Å². The Morgan fingerprint density at radius 1 is 1.21 bits per heavy atom. The molecule has 6 heteroatoms. The van der Waals surface area contributed by atoms with Crippen LogP contribution < -0.4 is 15.5 Å². The highest BCUT2D eigenvalue weighted by Gasteiger charge is 2.06. The topological polar surface area (TPSA) is 62.7 Å². The molecule has 2 rings (SSSR count). The summed E-state index contributed by atoms with van der Waals surface area (Å²) in [7, 11) is 1.59. The van der Waals surface area contributed by atoms with Crippen LogP contribution in [0.15, 0.2) is 58.1 Å². The maximum absolute atomic E-state index is 12.0. The molecule has 2 N–H and O–H groups in total. The zero-order chi connectivity index (χ0) is 17.4. The van der Waals surface area contributed by atoms with E-state index < -0.39 is 0 Å². The molecule has 0 bridgehead atoms. The Hall–Kier alpha value is -2.34. The number of nitrogens with zero attached hydrogens (tertiary/aromatic N) is 1. The Morgan fingerprint density at radius 3 is 2.71 bits per heavy atom. The van der Waals surface area contributed by atoms with Gasteiger partial charge in [-0.05, 0) is 36.2 Å². The average molecular weight is 390 g/mol. The number of hydrazone groups is 1. The minimum Gasteiger partial charge on any atom is -0.495 e. The molecule has 0 radical (unpaired) electrons. The maximum atomic E-state index is 12.0. The molecule has 0 spiro atoms. The lowest BCUT2D eigenvalue weighted by Gasteiger charge is -2.10. The van der Waals surface area contributed by atoms with E-state index in [9.17, 15) is 4.79 Å². The fraction of sp³-hybridized carbons (Fsp3) is 0.222. The van der Waals surface area contributed by atoms with Gasteiger partial charge in [-0.1, -0.05) is 47.1 Å². The van der Waals surface area contributed by atoms with Gasteiger partial charge in [-0.2, -0.15) is 5.10 Å². The molecule has 126 valence electrons. The number of halogens is 1. The number of carbonyl (C=O) groups excluding carboxylic acids is 1. The van der Waals surface area contributed by atoms with Crippen LogP contribution >= 0.6 is 15.9 Å². The van der Waals surface area contributed by atoms with Crippen molar-refractivity contribution in [2.45, 2.75) is 13.3 Å².